The molecule has 0 heterocycles. The second-order valence-corrected chi connectivity index (χ2v) is 7.76. The molecule has 0 aromatic heterocycles. The molecule has 0 bridgehead atoms. The van der Waals surface area contributed by atoms with Gasteiger partial charge in [-0.05, 0) is 36.6 Å². The Morgan fingerprint density at radius 2 is 1.65 bits per heavy atom. The average molecular weight is 378 g/mol. The van der Waals surface area contributed by atoms with Crippen molar-refractivity contribution in [2.45, 2.75) is 56.8 Å². The van der Waals surface area contributed by atoms with Crippen LogP contribution in [-0.4, -0.2) is 18.1 Å². The Kier molecular flexibility index (Phi) is 7.48. The highest BCUT2D eigenvalue weighted by molar-refractivity contribution is 7.85. The van der Waals surface area contributed by atoms with E-state index in [1.807, 2.05) is 6.07 Å². The second kappa shape index (κ2) is 9.59. The first kappa shape index (κ1) is 20.3. The minimum Gasteiger partial charge on any atom is -0.504 e. The van der Waals surface area contributed by atoms with Crippen LogP contribution in [0, 0.1) is 0 Å². The number of aromatic hydroxyl groups is 1. The lowest BCUT2D eigenvalue weighted by atomic mass is 10.0. The highest BCUT2D eigenvalue weighted by Gasteiger charge is 2.13. The minimum atomic E-state index is -4.30. The van der Waals surface area contributed by atoms with Gasteiger partial charge in [-0.15, -0.1) is 0 Å². The second-order valence-electron chi connectivity index (χ2n) is 6.33. The third-order valence-corrected chi connectivity index (χ3v) is 5.06. The molecular formula is C20H26O5S. The molecule has 2 aromatic carbocycles. The first-order chi connectivity index (χ1) is 12.4. The number of phenols is 1. The standard InChI is InChI=1S/C20H26O5S/c1-2-3-4-5-6-7-10-16-11-8-14-19(20(16)21)25-17-12-9-13-18(15-17)26(22,23)24/h8-9,11-15,21H,2-7,10H2,1H3,(H,22,23,24). The lowest BCUT2D eigenvalue weighted by Crippen LogP contribution is -1.98. The molecule has 2 aromatic rings. The Hall–Kier alpha value is -2.05. The molecular weight excluding hydrogens is 352 g/mol. The lowest BCUT2D eigenvalue weighted by Gasteiger charge is -2.11. The zero-order valence-electron chi connectivity index (χ0n) is 15.0. The van der Waals surface area contributed by atoms with E-state index in [-0.39, 0.29) is 22.1 Å². The molecule has 6 heteroatoms. The predicted molar refractivity (Wildman–Crippen MR) is 102 cm³/mol. The molecule has 0 aliphatic heterocycles. The molecule has 142 valence electrons. The molecule has 0 fully saturated rings. The van der Waals surface area contributed by atoms with E-state index < -0.39 is 10.1 Å². The van der Waals surface area contributed by atoms with Gasteiger partial charge < -0.3 is 9.84 Å². The molecule has 0 unspecified atom stereocenters. The van der Waals surface area contributed by atoms with Crippen molar-refractivity contribution in [3.05, 3.63) is 48.0 Å². The largest absolute Gasteiger partial charge is 0.504 e. The average Bonchev–Trinajstić information content (AvgIpc) is 2.60. The van der Waals surface area contributed by atoms with Gasteiger partial charge in [0, 0.05) is 6.07 Å². The van der Waals surface area contributed by atoms with Gasteiger partial charge in [-0.3, -0.25) is 4.55 Å². The normalized spacial score (nSPS) is 11.5. The molecule has 0 aliphatic carbocycles. The number of rotatable bonds is 10. The minimum absolute atomic E-state index is 0.0679. The molecule has 0 aliphatic rings. The monoisotopic (exact) mass is 378 g/mol. The molecule has 0 spiro atoms. The summed E-state index contributed by atoms with van der Waals surface area (Å²) in [6.45, 7) is 2.19. The van der Waals surface area contributed by atoms with Crippen LogP contribution in [0.1, 0.15) is 51.0 Å². The van der Waals surface area contributed by atoms with Crippen LogP contribution in [0.2, 0.25) is 0 Å². The SMILES string of the molecule is CCCCCCCCc1cccc(Oc2cccc(S(=O)(=O)O)c2)c1O. The summed E-state index contributed by atoms with van der Waals surface area (Å²) in [5, 5.41) is 10.4. The Balaban J connectivity index is 2.03. The highest BCUT2D eigenvalue weighted by Crippen LogP contribution is 2.35. The number of aryl methyl sites for hydroxylation is 1. The maximum absolute atomic E-state index is 11.2. The van der Waals surface area contributed by atoms with E-state index in [1.165, 1.54) is 43.9 Å². The quantitative estimate of drug-likeness (QED) is 0.431. The smallest absolute Gasteiger partial charge is 0.294 e. The lowest BCUT2D eigenvalue weighted by molar-refractivity contribution is 0.405. The van der Waals surface area contributed by atoms with Gasteiger partial charge in [-0.1, -0.05) is 57.2 Å². The summed E-state index contributed by atoms with van der Waals surface area (Å²) in [6.07, 6.45) is 7.82. The van der Waals surface area contributed by atoms with Crippen molar-refractivity contribution in [2.24, 2.45) is 0 Å². The van der Waals surface area contributed by atoms with Gasteiger partial charge in [-0.25, -0.2) is 0 Å². The fourth-order valence-electron chi connectivity index (χ4n) is 2.77. The van der Waals surface area contributed by atoms with Crippen LogP contribution in [0.4, 0.5) is 0 Å². The van der Waals surface area contributed by atoms with Crippen molar-refractivity contribution in [1.82, 2.24) is 0 Å². The first-order valence-corrected chi connectivity index (χ1v) is 10.4. The third kappa shape index (κ3) is 6.04. The van der Waals surface area contributed by atoms with Crippen LogP contribution in [0.5, 0.6) is 17.2 Å². The molecule has 0 saturated carbocycles. The summed E-state index contributed by atoms with van der Waals surface area (Å²) < 4.78 is 37.2. The zero-order valence-corrected chi connectivity index (χ0v) is 15.8. The summed E-state index contributed by atoms with van der Waals surface area (Å²) in [5.41, 5.74) is 0.809. The molecule has 2 N–H and O–H groups in total. The fraction of sp³-hybridized carbons (Fsp3) is 0.400. The Labute approximate surface area is 155 Å². The third-order valence-electron chi connectivity index (χ3n) is 4.21. The van der Waals surface area contributed by atoms with Crippen LogP contribution >= 0.6 is 0 Å². The number of ether oxygens (including phenoxy) is 1. The van der Waals surface area contributed by atoms with E-state index in [0.717, 1.165) is 24.8 Å². The summed E-state index contributed by atoms with van der Waals surface area (Å²) in [6, 6.07) is 10.8. The van der Waals surface area contributed by atoms with E-state index in [9.17, 15) is 13.5 Å². The Morgan fingerprint density at radius 3 is 2.38 bits per heavy atom. The van der Waals surface area contributed by atoms with Gasteiger partial charge in [0.1, 0.15) is 5.75 Å². The van der Waals surface area contributed by atoms with Crippen LogP contribution in [0.3, 0.4) is 0 Å². The highest BCUT2D eigenvalue weighted by atomic mass is 32.2. The molecule has 26 heavy (non-hydrogen) atoms. The van der Waals surface area contributed by atoms with Crippen molar-refractivity contribution < 1.29 is 22.8 Å². The van der Waals surface area contributed by atoms with Crippen LogP contribution in [0.25, 0.3) is 0 Å². The number of hydrogen-bond donors (Lipinski definition) is 2. The van der Waals surface area contributed by atoms with Crippen LogP contribution in [-0.2, 0) is 16.5 Å². The number of benzene rings is 2. The van der Waals surface area contributed by atoms with Crippen molar-refractivity contribution in [2.75, 3.05) is 0 Å². The topological polar surface area (TPSA) is 83.8 Å². The van der Waals surface area contributed by atoms with Gasteiger partial charge >= 0.3 is 0 Å². The van der Waals surface area contributed by atoms with Crippen molar-refractivity contribution in [3.63, 3.8) is 0 Å². The molecule has 0 amide bonds. The van der Waals surface area contributed by atoms with Crippen molar-refractivity contribution >= 4 is 10.1 Å². The first-order valence-electron chi connectivity index (χ1n) is 8.98. The van der Waals surface area contributed by atoms with Gasteiger partial charge in [0.2, 0.25) is 0 Å². The maximum atomic E-state index is 11.2. The van der Waals surface area contributed by atoms with Crippen molar-refractivity contribution in [1.29, 1.82) is 0 Å². The number of para-hydroxylation sites is 1. The summed E-state index contributed by atoms with van der Waals surface area (Å²) in [4.78, 5) is -0.252. The number of phenolic OH excluding ortho intramolecular Hbond substituents is 1. The van der Waals surface area contributed by atoms with Crippen LogP contribution < -0.4 is 4.74 Å². The van der Waals surface area contributed by atoms with Gasteiger partial charge in [0.15, 0.2) is 11.5 Å². The fourth-order valence-corrected chi connectivity index (χ4v) is 3.29. The molecule has 2 rings (SSSR count). The number of unbranched alkanes of at least 4 members (excludes halogenated alkanes) is 5. The summed E-state index contributed by atoms with van der Waals surface area (Å²) in [7, 11) is -4.30. The summed E-state index contributed by atoms with van der Waals surface area (Å²) in [5.74, 6) is 0.562. The van der Waals surface area contributed by atoms with E-state index in [0.29, 0.717) is 0 Å². The maximum Gasteiger partial charge on any atom is 0.294 e. The molecule has 0 saturated heterocycles. The molecule has 0 radical (unpaired) electrons. The predicted octanol–water partition coefficient (Wildman–Crippen LogP) is 5.33. The van der Waals surface area contributed by atoms with E-state index in [2.05, 4.69) is 6.92 Å². The van der Waals surface area contributed by atoms with E-state index in [4.69, 9.17) is 9.29 Å². The zero-order chi connectivity index (χ0) is 19.0. The number of hydrogen-bond acceptors (Lipinski definition) is 4. The van der Waals surface area contributed by atoms with Crippen LogP contribution in [0.15, 0.2) is 47.4 Å². The molecule has 5 nitrogen and oxygen atoms in total. The van der Waals surface area contributed by atoms with Gasteiger partial charge in [-0.2, -0.15) is 8.42 Å². The Bertz CT molecular complexity index is 815. The van der Waals surface area contributed by atoms with E-state index >= 15 is 0 Å². The van der Waals surface area contributed by atoms with E-state index in [1.54, 1.807) is 18.2 Å². The summed E-state index contributed by atoms with van der Waals surface area (Å²) >= 11 is 0. The van der Waals surface area contributed by atoms with Gasteiger partial charge in [0.25, 0.3) is 10.1 Å². The molecule has 0 atom stereocenters. The van der Waals surface area contributed by atoms with Crippen molar-refractivity contribution in [3.8, 4) is 17.2 Å². The van der Waals surface area contributed by atoms with Gasteiger partial charge in [0.05, 0.1) is 4.90 Å². The Morgan fingerprint density at radius 1 is 0.962 bits per heavy atom.